The van der Waals surface area contributed by atoms with Gasteiger partial charge in [0.1, 0.15) is 0 Å². The molecule has 0 N–H and O–H groups in total. The first kappa shape index (κ1) is 14.1. The maximum absolute atomic E-state index is 5.12. The molecule has 5 heteroatoms. The van der Waals surface area contributed by atoms with Gasteiger partial charge in [0.05, 0.1) is 7.11 Å². The number of rotatable bonds is 5. The molecule has 0 radical (unpaired) electrons. The summed E-state index contributed by atoms with van der Waals surface area (Å²) in [7, 11) is 7.64. The topological polar surface area (TPSA) is 41.5 Å². The minimum absolute atomic E-state index is 0.573. The molecule has 2 rings (SSSR count). The first-order chi connectivity index (χ1) is 9.60. The molecule has 0 bridgehead atoms. The number of benzene rings is 1. The van der Waals surface area contributed by atoms with Gasteiger partial charge in [-0.05, 0) is 17.7 Å². The normalized spacial score (nSPS) is 10.2. The van der Waals surface area contributed by atoms with Crippen LogP contribution < -0.4 is 14.5 Å². The molecule has 2 aromatic rings. The second kappa shape index (κ2) is 6.23. The summed E-state index contributed by atoms with van der Waals surface area (Å²) in [4.78, 5) is 12.7. The van der Waals surface area contributed by atoms with Crippen molar-refractivity contribution < 1.29 is 4.74 Å². The second-order valence-electron chi connectivity index (χ2n) is 4.82. The summed E-state index contributed by atoms with van der Waals surface area (Å²) in [5.74, 6) is 1.23. The maximum Gasteiger partial charge on any atom is 0.228 e. The van der Waals surface area contributed by atoms with Crippen molar-refractivity contribution in [1.82, 2.24) is 9.97 Å². The number of nitrogens with zero attached hydrogens (tertiary/aromatic N) is 4. The number of anilines is 2. The predicted octanol–water partition coefficient (Wildman–Crippen LogP) is 2.19. The molecule has 0 fully saturated rings. The molecule has 0 amide bonds. The molecule has 1 aromatic carbocycles. The van der Waals surface area contributed by atoms with Gasteiger partial charge in [0.15, 0.2) is 0 Å². The van der Waals surface area contributed by atoms with E-state index in [4.69, 9.17) is 4.74 Å². The summed E-state index contributed by atoms with van der Waals surface area (Å²) in [6.45, 7) is 0.745. The summed E-state index contributed by atoms with van der Waals surface area (Å²) in [5, 5.41) is 0. The number of hydrogen-bond acceptors (Lipinski definition) is 5. The van der Waals surface area contributed by atoms with E-state index in [-0.39, 0.29) is 0 Å². The van der Waals surface area contributed by atoms with Crippen LogP contribution in [0.2, 0.25) is 0 Å². The Morgan fingerprint density at radius 1 is 1.15 bits per heavy atom. The van der Waals surface area contributed by atoms with Gasteiger partial charge in [-0.15, -0.1) is 0 Å². The largest absolute Gasteiger partial charge is 0.481 e. The van der Waals surface area contributed by atoms with Gasteiger partial charge < -0.3 is 14.5 Å². The van der Waals surface area contributed by atoms with E-state index in [0.717, 1.165) is 6.54 Å². The molecule has 0 aliphatic heterocycles. The highest BCUT2D eigenvalue weighted by molar-refractivity contribution is 5.48. The van der Waals surface area contributed by atoms with Crippen LogP contribution in [0.1, 0.15) is 5.56 Å². The van der Waals surface area contributed by atoms with Crippen LogP contribution in [-0.2, 0) is 6.54 Å². The maximum atomic E-state index is 5.12. The summed E-state index contributed by atoms with van der Waals surface area (Å²) in [6.07, 6.45) is 1.70. The molecule has 0 saturated heterocycles. The lowest BCUT2D eigenvalue weighted by molar-refractivity contribution is 0.397. The molecule has 0 spiro atoms. The van der Waals surface area contributed by atoms with E-state index >= 15 is 0 Å². The van der Waals surface area contributed by atoms with E-state index in [1.54, 1.807) is 19.4 Å². The Morgan fingerprint density at radius 2 is 1.95 bits per heavy atom. The van der Waals surface area contributed by atoms with Crippen LogP contribution in [0.15, 0.2) is 36.5 Å². The third kappa shape index (κ3) is 3.38. The Labute approximate surface area is 119 Å². The Bertz CT molecular complexity index is 571. The van der Waals surface area contributed by atoms with Crippen LogP contribution in [0.4, 0.5) is 11.6 Å². The van der Waals surface area contributed by atoms with Gasteiger partial charge in [-0.3, -0.25) is 0 Å². The molecule has 1 aromatic heterocycles. The monoisotopic (exact) mass is 272 g/mol. The summed E-state index contributed by atoms with van der Waals surface area (Å²) < 4.78 is 5.12. The Hall–Kier alpha value is -2.30. The second-order valence-corrected chi connectivity index (χ2v) is 4.82. The van der Waals surface area contributed by atoms with E-state index < -0.39 is 0 Å². The smallest absolute Gasteiger partial charge is 0.228 e. The number of hydrogen-bond donors (Lipinski definition) is 0. The highest BCUT2D eigenvalue weighted by atomic mass is 16.5. The van der Waals surface area contributed by atoms with Crippen LogP contribution in [0.5, 0.6) is 5.88 Å². The summed E-state index contributed by atoms with van der Waals surface area (Å²) >= 11 is 0. The van der Waals surface area contributed by atoms with E-state index in [0.29, 0.717) is 11.8 Å². The molecular formula is C15H20N4O. The van der Waals surface area contributed by atoms with E-state index in [9.17, 15) is 0 Å². The summed E-state index contributed by atoms with van der Waals surface area (Å²) in [6, 6.07) is 10.2. The van der Waals surface area contributed by atoms with E-state index in [1.165, 1.54) is 11.3 Å². The SMILES string of the molecule is COc1ccnc(N(C)Cc2cccc(N(C)C)c2)n1. The van der Waals surface area contributed by atoms with Gasteiger partial charge in [-0.2, -0.15) is 4.98 Å². The van der Waals surface area contributed by atoms with Crippen LogP contribution in [-0.4, -0.2) is 38.2 Å². The van der Waals surface area contributed by atoms with Crippen molar-refractivity contribution in [2.24, 2.45) is 0 Å². The van der Waals surface area contributed by atoms with Gasteiger partial charge in [0.2, 0.25) is 11.8 Å². The fourth-order valence-electron chi connectivity index (χ4n) is 1.91. The van der Waals surface area contributed by atoms with Crippen LogP contribution >= 0.6 is 0 Å². The van der Waals surface area contributed by atoms with E-state index in [2.05, 4.69) is 39.1 Å². The van der Waals surface area contributed by atoms with E-state index in [1.807, 2.05) is 26.0 Å². The molecule has 5 nitrogen and oxygen atoms in total. The lowest BCUT2D eigenvalue weighted by atomic mass is 10.2. The van der Waals surface area contributed by atoms with Crippen LogP contribution in [0.25, 0.3) is 0 Å². The lowest BCUT2D eigenvalue weighted by Gasteiger charge is -2.19. The zero-order chi connectivity index (χ0) is 14.5. The minimum atomic E-state index is 0.573. The van der Waals surface area contributed by atoms with Crippen molar-refractivity contribution in [3.05, 3.63) is 42.1 Å². The molecular weight excluding hydrogens is 252 g/mol. The Kier molecular flexibility index (Phi) is 4.40. The fourth-order valence-corrected chi connectivity index (χ4v) is 1.91. The van der Waals surface area contributed by atoms with Crippen LogP contribution in [0.3, 0.4) is 0 Å². The summed E-state index contributed by atoms with van der Waals surface area (Å²) in [5.41, 5.74) is 2.40. The fraction of sp³-hybridized carbons (Fsp3) is 0.333. The van der Waals surface area contributed by atoms with Crippen molar-refractivity contribution >= 4 is 11.6 Å². The molecule has 0 aliphatic carbocycles. The first-order valence-corrected chi connectivity index (χ1v) is 6.44. The van der Waals surface area contributed by atoms with Crippen molar-refractivity contribution in [3.8, 4) is 5.88 Å². The zero-order valence-electron chi connectivity index (χ0n) is 12.4. The van der Waals surface area contributed by atoms with Crippen molar-refractivity contribution in [2.75, 3.05) is 38.1 Å². The van der Waals surface area contributed by atoms with Gasteiger partial charge in [-0.1, -0.05) is 12.1 Å². The Balaban J connectivity index is 2.14. The number of aromatic nitrogens is 2. The number of ether oxygens (including phenoxy) is 1. The van der Waals surface area contributed by atoms with Crippen molar-refractivity contribution in [3.63, 3.8) is 0 Å². The third-order valence-corrected chi connectivity index (χ3v) is 3.01. The van der Waals surface area contributed by atoms with Crippen LogP contribution in [0, 0.1) is 0 Å². The quantitative estimate of drug-likeness (QED) is 0.834. The van der Waals surface area contributed by atoms with Gasteiger partial charge >= 0.3 is 0 Å². The molecule has 1 heterocycles. The van der Waals surface area contributed by atoms with Crippen molar-refractivity contribution in [1.29, 1.82) is 0 Å². The average molecular weight is 272 g/mol. The molecule has 20 heavy (non-hydrogen) atoms. The lowest BCUT2D eigenvalue weighted by Crippen LogP contribution is -2.19. The van der Waals surface area contributed by atoms with Gasteiger partial charge in [-0.25, -0.2) is 4.98 Å². The molecule has 0 aliphatic rings. The number of methoxy groups -OCH3 is 1. The third-order valence-electron chi connectivity index (χ3n) is 3.01. The van der Waals surface area contributed by atoms with Crippen molar-refractivity contribution in [2.45, 2.75) is 6.54 Å². The zero-order valence-corrected chi connectivity index (χ0v) is 12.4. The molecule has 0 unspecified atom stereocenters. The van der Waals surface area contributed by atoms with Gasteiger partial charge in [0, 0.05) is 45.6 Å². The first-order valence-electron chi connectivity index (χ1n) is 6.44. The van der Waals surface area contributed by atoms with Gasteiger partial charge in [0.25, 0.3) is 0 Å². The highest BCUT2D eigenvalue weighted by Gasteiger charge is 2.07. The minimum Gasteiger partial charge on any atom is -0.481 e. The predicted molar refractivity (Wildman–Crippen MR) is 81.5 cm³/mol. The average Bonchev–Trinajstić information content (AvgIpc) is 2.47. The standard InChI is InChI=1S/C15H20N4O/c1-18(2)13-7-5-6-12(10-13)11-19(3)15-16-9-8-14(17-15)20-4/h5-10H,11H2,1-4H3. The Morgan fingerprint density at radius 3 is 2.65 bits per heavy atom. The molecule has 106 valence electrons. The molecule has 0 atom stereocenters. The highest BCUT2D eigenvalue weighted by Crippen LogP contribution is 2.17. The molecule has 0 saturated carbocycles.